The van der Waals surface area contributed by atoms with Crippen LogP contribution in [0.1, 0.15) is 18.5 Å². The molecule has 3 aromatic rings. The molecule has 0 saturated carbocycles. The van der Waals surface area contributed by atoms with Gasteiger partial charge in [0.05, 0.1) is 22.0 Å². The summed E-state index contributed by atoms with van der Waals surface area (Å²) in [5, 5.41) is 34.9. The Morgan fingerprint density at radius 2 is 2.06 bits per heavy atom. The number of nitro benzene ring substituents is 1. The number of benzene rings is 2. The zero-order chi connectivity index (χ0) is 23.0. The molecule has 2 N–H and O–H groups in total. The minimum atomic E-state index is -1.40. The highest BCUT2D eigenvalue weighted by atomic mass is 16.7. The first-order valence-electron chi connectivity index (χ1n) is 9.68. The minimum absolute atomic E-state index is 0.164. The molecule has 166 valence electrons. The Bertz CT molecular complexity index is 1220. The quantitative estimate of drug-likeness (QED) is 0.195. The Labute approximate surface area is 182 Å². The third-order valence-corrected chi connectivity index (χ3v) is 5.68. The van der Waals surface area contributed by atoms with Gasteiger partial charge in [-0.2, -0.15) is 5.26 Å². The van der Waals surface area contributed by atoms with E-state index in [-0.39, 0.29) is 11.6 Å². The van der Waals surface area contributed by atoms with Gasteiger partial charge < -0.3 is 19.3 Å². The highest BCUT2D eigenvalue weighted by Gasteiger charge is 2.53. The number of hydrogen-bond donors (Lipinski definition) is 2. The van der Waals surface area contributed by atoms with Crippen molar-refractivity contribution in [1.29, 1.82) is 5.26 Å². The summed E-state index contributed by atoms with van der Waals surface area (Å²) in [5.41, 5.74) is -0.0104. The summed E-state index contributed by atoms with van der Waals surface area (Å²) in [6.07, 6.45) is -0.419. The second kappa shape index (κ2) is 8.08. The van der Waals surface area contributed by atoms with Gasteiger partial charge in [0.1, 0.15) is 11.9 Å². The van der Waals surface area contributed by atoms with Gasteiger partial charge in [-0.05, 0) is 25.1 Å². The van der Waals surface area contributed by atoms with Crippen molar-refractivity contribution in [3.8, 4) is 11.9 Å². The summed E-state index contributed by atoms with van der Waals surface area (Å²) in [4.78, 5) is 15.4. The first-order chi connectivity index (χ1) is 15.3. The van der Waals surface area contributed by atoms with Gasteiger partial charge in [0.25, 0.3) is 5.69 Å². The van der Waals surface area contributed by atoms with Crippen molar-refractivity contribution >= 4 is 22.7 Å². The number of nitrogens with one attached hydrogen (secondary N) is 1. The van der Waals surface area contributed by atoms with E-state index in [0.29, 0.717) is 22.3 Å². The Kier molecular flexibility index (Phi) is 5.43. The lowest BCUT2D eigenvalue weighted by atomic mass is 9.84. The summed E-state index contributed by atoms with van der Waals surface area (Å²) in [5.74, 6) is 0.485. The predicted octanol–water partition coefficient (Wildman–Crippen LogP) is 2.56. The molecule has 0 bridgehead atoms. The number of ether oxygens (including phenoxy) is 3. The third kappa shape index (κ3) is 3.21. The summed E-state index contributed by atoms with van der Waals surface area (Å²) < 4.78 is 18.6. The van der Waals surface area contributed by atoms with Crippen LogP contribution in [0.5, 0.6) is 5.75 Å². The molecular weight excluding hydrogens is 418 g/mol. The molecule has 1 aromatic heterocycles. The Morgan fingerprint density at radius 1 is 1.34 bits per heavy atom. The molecule has 0 amide bonds. The lowest BCUT2D eigenvalue weighted by Crippen LogP contribution is -2.60. The van der Waals surface area contributed by atoms with Gasteiger partial charge in [0.15, 0.2) is 18.1 Å². The van der Waals surface area contributed by atoms with Gasteiger partial charge in [-0.25, -0.2) is 4.98 Å². The van der Waals surface area contributed by atoms with Crippen LogP contribution in [0.15, 0.2) is 42.5 Å². The molecule has 4 rings (SSSR count). The van der Waals surface area contributed by atoms with E-state index in [1.54, 1.807) is 35.8 Å². The SMILES string of the molecule is COC(OC)[C@@]1(C)Oc2ccc([N+](=O)[O-])cc2[C@H](n2c(NC#N)nc3ccccc32)[C@H]1O. The van der Waals surface area contributed by atoms with Gasteiger partial charge in [-0.15, -0.1) is 0 Å². The summed E-state index contributed by atoms with van der Waals surface area (Å²) in [6.45, 7) is 1.63. The Hall–Kier alpha value is -3.72. The molecule has 0 aliphatic carbocycles. The molecule has 2 heterocycles. The summed E-state index contributed by atoms with van der Waals surface area (Å²) >= 11 is 0. The summed E-state index contributed by atoms with van der Waals surface area (Å²) in [7, 11) is 2.84. The molecule has 0 unspecified atom stereocenters. The van der Waals surface area contributed by atoms with E-state index >= 15 is 0 Å². The monoisotopic (exact) mass is 439 g/mol. The molecule has 0 saturated heterocycles. The van der Waals surface area contributed by atoms with Crippen LogP contribution in [0.3, 0.4) is 0 Å². The van der Waals surface area contributed by atoms with Gasteiger partial charge in [0, 0.05) is 31.9 Å². The first-order valence-corrected chi connectivity index (χ1v) is 9.68. The van der Waals surface area contributed by atoms with Crippen LogP contribution in [0.25, 0.3) is 11.0 Å². The molecule has 0 radical (unpaired) electrons. The Balaban J connectivity index is 2.03. The van der Waals surface area contributed by atoms with Gasteiger partial charge in [-0.3, -0.25) is 20.0 Å². The topological polar surface area (TPSA) is 145 Å². The molecule has 2 aromatic carbocycles. The maximum atomic E-state index is 11.6. The highest BCUT2D eigenvalue weighted by Crippen LogP contribution is 2.47. The van der Waals surface area contributed by atoms with Crippen LogP contribution < -0.4 is 10.1 Å². The van der Waals surface area contributed by atoms with Crippen molar-refractivity contribution in [1.82, 2.24) is 9.55 Å². The van der Waals surface area contributed by atoms with Crippen molar-refractivity contribution in [2.24, 2.45) is 0 Å². The van der Waals surface area contributed by atoms with Crippen molar-refractivity contribution in [3.05, 3.63) is 58.1 Å². The van der Waals surface area contributed by atoms with Crippen LogP contribution in [-0.4, -0.2) is 51.8 Å². The fourth-order valence-corrected chi connectivity index (χ4v) is 4.25. The Morgan fingerprint density at radius 3 is 2.72 bits per heavy atom. The maximum Gasteiger partial charge on any atom is 0.270 e. The maximum absolute atomic E-state index is 11.6. The average molecular weight is 439 g/mol. The molecule has 0 spiro atoms. The van der Waals surface area contributed by atoms with Gasteiger partial charge in [-0.1, -0.05) is 12.1 Å². The fraction of sp³-hybridized carbons (Fsp3) is 0.333. The number of para-hydroxylation sites is 2. The number of anilines is 1. The number of non-ortho nitro benzene ring substituents is 1. The standard InChI is InChI=1S/C21H21N5O6/c1-21(19(30-2)31-3)18(27)17(13-10-12(26(28)29)8-9-16(13)32-21)25-15-7-5-4-6-14(15)24-20(25)23-11-22/h4-10,17-19,27H,1-3H3,(H,23,24)/t17-,18+,21-/m0/s1. The molecular formula is C21H21N5O6. The molecule has 11 nitrogen and oxygen atoms in total. The lowest BCUT2D eigenvalue weighted by Gasteiger charge is -2.47. The van der Waals surface area contributed by atoms with Crippen LogP contribution in [0, 0.1) is 21.6 Å². The van der Waals surface area contributed by atoms with Crippen molar-refractivity contribution in [2.45, 2.75) is 31.0 Å². The van der Waals surface area contributed by atoms with Crippen LogP contribution in [0.4, 0.5) is 11.6 Å². The summed E-state index contributed by atoms with van der Waals surface area (Å²) in [6, 6.07) is 10.4. The van der Waals surface area contributed by atoms with Crippen molar-refractivity contribution < 1.29 is 24.2 Å². The van der Waals surface area contributed by atoms with E-state index in [1.807, 2.05) is 6.19 Å². The zero-order valence-electron chi connectivity index (χ0n) is 17.6. The van der Waals surface area contributed by atoms with E-state index in [0.717, 1.165) is 0 Å². The van der Waals surface area contributed by atoms with E-state index in [2.05, 4.69) is 10.3 Å². The number of aliphatic hydroxyl groups is 1. The number of nitriles is 1. The van der Waals surface area contributed by atoms with Crippen LogP contribution >= 0.6 is 0 Å². The number of rotatable bonds is 6. The largest absolute Gasteiger partial charge is 0.479 e. The number of methoxy groups -OCH3 is 2. The number of fused-ring (bicyclic) bond motifs is 2. The minimum Gasteiger partial charge on any atom is -0.479 e. The second-order valence-electron chi connectivity index (χ2n) is 7.49. The van der Waals surface area contributed by atoms with Crippen LogP contribution in [0.2, 0.25) is 0 Å². The number of nitro groups is 1. The van der Waals surface area contributed by atoms with Crippen LogP contribution in [-0.2, 0) is 9.47 Å². The zero-order valence-corrected chi connectivity index (χ0v) is 17.6. The predicted molar refractivity (Wildman–Crippen MR) is 113 cm³/mol. The van der Waals surface area contributed by atoms with E-state index in [1.165, 1.54) is 32.4 Å². The molecule has 1 aliphatic heterocycles. The molecule has 3 atom stereocenters. The van der Waals surface area contributed by atoms with Crippen molar-refractivity contribution in [2.75, 3.05) is 19.5 Å². The third-order valence-electron chi connectivity index (χ3n) is 5.68. The number of hydrogen-bond acceptors (Lipinski definition) is 9. The van der Waals surface area contributed by atoms with Crippen molar-refractivity contribution in [3.63, 3.8) is 0 Å². The fourth-order valence-electron chi connectivity index (χ4n) is 4.25. The van der Waals surface area contributed by atoms with E-state index in [9.17, 15) is 20.5 Å². The van der Waals surface area contributed by atoms with E-state index < -0.39 is 29.0 Å². The number of nitrogens with zero attached hydrogens (tertiary/aromatic N) is 4. The molecule has 0 fully saturated rings. The molecule has 1 aliphatic rings. The lowest BCUT2D eigenvalue weighted by molar-refractivity contribution is -0.385. The highest BCUT2D eigenvalue weighted by molar-refractivity contribution is 5.79. The van der Waals surface area contributed by atoms with E-state index in [4.69, 9.17) is 14.2 Å². The number of aliphatic hydroxyl groups excluding tert-OH is 1. The van der Waals surface area contributed by atoms with Gasteiger partial charge >= 0.3 is 0 Å². The van der Waals surface area contributed by atoms with Gasteiger partial charge in [0.2, 0.25) is 5.95 Å². The number of aromatic nitrogens is 2. The molecule has 11 heteroatoms. The first kappa shape index (κ1) is 21.5. The second-order valence-corrected chi connectivity index (χ2v) is 7.49. The smallest absolute Gasteiger partial charge is 0.270 e. The molecule has 32 heavy (non-hydrogen) atoms. The average Bonchev–Trinajstić information content (AvgIpc) is 3.13. The normalized spacial score (nSPS) is 22.2. The number of imidazole rings is 1.